The quantitative estimate of drug-likeness (QED) is 0.864. The van der Waals surface area contributed by atoms with E-state index in [1.807, 2.05) is 11.8 Å². The molecule has 0 spiro atoms. The van der Waals surface area contributed by atoms with E-state index in [1.54, 1.807) is 0 Å². The lowest BCUT2D eigenvalue weighted by atomic mass is 10.1. The van der Waals surface area contributed by atoms with E-state index in [4.69, 9.17) is 0 Å². The zero-order valence-corrected chi connectivity index (χ0v) is 14.5. The van der Waals surface area contributed by atoms with Gasteiger partial charge in [0.1, 0.15) is 5.82 Å². The number of hydrogen-bond acceptors (Lipinski definition) is 5. The number of aryl methyl sites for hydroxylation is 1. The molecule has 122 valence electrons. The third-order valence-corrected chi connectivity index (χ3v) is 4.96. The van der Waals surface area contributed by atoms with Gasteiger partial charge in [-0.3, -0.25) is 4.79 Å². The van der Waals surface area contributed by atoms with Crippen molar-refractivity contribution >= 4 is 22.6 Å². The molecule has 2 heterocycles. The second-order valence-corrected chi connectivity index (χ2v) is 6.61. The molecule has 3 rings (SSSR count). The van der Waals surface area contributed by atoms with Crippen LogP contribution in [-0.2, 0) is 11.2 Å². The van der Waals surface area contributed by atoms with E-state index < -0.39 is 0 Å². The molecule has 1 saturated heterocycles. The molecule has 0 unspecified atom stereocenters. The number of carbonyl (C=O) groups excluding carboxylic acids is 1. The monoisotopic (exact) mass is 330 g/mol. The van der Waals surface area contributed by atoms with E-state index >= 15 is 0 Å². The molecule has 1 amide bonds. The summed E-state index contributed by atoms with van der Waals surface area (Å²) >= 11 is 1.46. The highest BCUT2D eigenvalue weighted by Crippen LogP contribution is 2.20. The third kappa shape index (κ3) is 3.88. The van der Waals surface area contributed by atoms with Crippen molar-refractivity contribution in [1.29, 1.82) is 0 Å². The highest BCUT2D eigenvalue weighted by Gasteiger charge is 2.22. The zero-order valence-electron chi connectivity index (χ0n) is 13.7. The molecule has 23 heavy (non-hydrogen) atoms. The van der Waals surface area contributed by atoms with Crippen molar-refractivity contribution in [2.75, 3.05) is 31.1 Å². The van der Waals surface area contributed by atoms with E-state index in [-0.39, 0.29) is 5.91 Å². The van der Waals surface area contributed by atoms with Gasteiger partial charge in [0.05, 0.1) is 0 Å². The Morgan fingerprint density at radius 1 is 1.17 bits per heavy atom. The number of rotatable bonds is 4. The lowest BCUT2D eigenvalue weighted by Gasteiger charge is -2.34. The number of hydrogen-bond donors (Lipinski definition) is 0. The van der Waals surface area contributed by atoms with Crippen LogP contribution in [0, 0.1) is 6.92 Å². The third-order valence-electron chi connectivity index (χ3n) is 4.15. The van der Waals surface area contributed by atoms with Crippen LogP contribution in [0.1, 0.15) is 30.3 Å². The second kappa shape index (κ2) is 7.08. The second-order valence-electron chi connectivity index (χ2n) is 5.88. The molecule has 6 heteroatoms. The number of benzene rings is 1. The first-order valence-electron chi connectivity index (χ1n) is 8.06. The van der Waals surface area contributed by atoms with Crippen LogP contribution in [-0.4, -0.2) is 46.3 Å². The Labute approximate surface area is 141 Å². The Morgan fingerprint density at radius 2 is 1.87 bits per heavy atom. The standard InChI is InChI=1S/C17H22N4OS/c1-3-16(22)20-8-10-21(11-9-20)17-18-15(19-23-17)12-14-6-4-13(2)5-7-14/h4-7H,3,8-12H2,1-2H3. The van der Waals surface area contributed by atoms with Crippen molar-refractivity contribution in [3.05, 3.63) is 41.2 Å². The van der Waals surface area contributed by atoms with E-state index in [0.29, 0.717) is 6.42 Å². The van der Waals surface area contributed by atoms with E-state index in [9.17, 15) is 4.79 Å². The van der Waals surface area contributed by atoms with Crippen molar-refractivity contribution in [1.82, 2.24) is 14.3 Å². The molecule has 1 aliphatic heterocycles. The highest BCUT2D eigenvalue weighted by atomic mass is 32.1. The Hall–Kier alpha value is -1.95. The van der Waals surface area contributed by atoms with Crippen molar-refractivity contribution in [2.45, 2.75) is 26.7 Å². The summed E-state index contributed by atoms with van der Waals surface area (Å²) in [5.74, 6) is 1.11. The SMILES string of the molecule is CCC(=O)N1CCN(c2nc(Cc3ccc(C)cc3)ns2)CC1. The van der Waals surface area contributed by atoms with Gasteiger partial charge < -0.3 is 9.80 Å². The number of aromatic nitrogens is 2. The molecule has 2 aromatic rings. The summed E-state index contributed by atoms with van der Waals surface area (Å²) in [6.45, 7) is 7.23. The Morgan fingerprint density at radius 3 is 2.52 bits per heavy atom. The first kappa shape index (κ1) is 15.9. The van der Waals surface area contributed by atoms with Crippen LogP contribution in [0.2, 0.25) is 0 Å². The van der Waals surface area contributed by atoms with Gasteiger partial charge in [-0.2, -0.15) is 4.37 Å². The maximum absolute atomic E-state index is 11.7. The van der Waals surface area contributed by atoms with Crippen molar-refractivity contribution in [3.8, 4) is 0 Å². The predicted molar refractivity (Wildman–Crippen MR) is 93.0 cm³/mol. The molecule has 0 saturated carbocycles. The summed E-state index contributed by atoms with van der Waals surface area (Å²) < 4.78 is 4.49. The van der Waals surface area contributed by atoms with E-state index in [1.165, 1.54) is 22.7 Å². The van der Waals surface area contributed by atoms with Crippen LogP contribution in [0.4, 0.5) is 5.13 Å². The minimum atomic E-state index is 0.238. The van der Waals surface area contributed by atoms with E-state index in [0.717, 1.165) is 43.6 Å². The summed E-state index contributed by atoms with van der Waals surface area (Å²) in [6.07, 6.45) is 1.35. The summed E-state index contributed by atoms with van der Waals surface area (Å²) in [5.41, 5.74) is 2.50. The number of carbonyl (C=O) groups is 1. The Kier molecular flexibility index (Phi) is 4.91. The van der Waals surface area contributed by atoms with Crippen LogP contribution in [0.25, 0.3) is 0 Å². The van der Waals surface area contributed by atoms with Gasteiger partial charge in [0, 0.05) is 50.6 Å². The van der Waals surface area contributed by atoms with Crippen molar-refractivity contribution in [2.24, 2.45) is 0 Å². The van der Waals surface area contributed by atoms with Crippen LogP contribution in [0.5, 0.6) is 0 Å². The van der Waals surface area contributed by atoms with Gasteiger partial charge in [0.25, 0.3) is 0 Å². The van der Waals surface area contributed by atoms with Gasteiger partial charge in [-0.25, -0.2) is 4.98 Å². The van der Waals surface area contributed by atoms with Gasteiger partial charge in [-0.1, -0.05) is 36.8 Å². The molecule has 0 aliphatic carbocycles. The molecule has 1 fully saturated rings. The predicted octanol–water partition coefficient (Wildman–Crippen LogP) is 2.50. The van der Waals surface area contributed by atoms with Gasteiger partial charge in [-0.15, -0.1) is 0 Å². The maximum atomic E-state index is 11.7. The largest absolute Gasteiger partial charge is 0.343 e. The summed E-state index contributed by atoms with van der Waals surface area (Å²) in [7, 11) is 0. The number of amides is 1. The molecule has 1 aliphatic rings. The molecular weight excluding hydrogens is 308 g/mol. The first-order chi connectivity index (χ1) is 11.2. The fourth-order valence-corrected chi connectivity index (χ4v) is 3.44. The Balaban J connectivity index is 1.59. The van der Waals surface area contributed by atoms with Crippen LogP contribution < -0.4 is 4.90 Å². The van der Waals surface area contributed by atoms with Crippen LogP contribution in [0.15, 0.2) is 24.3 Å². The molecule has 0 bridgehead atoms. The number of nitrogens with zero attached hydrogens (tertiary/aromatic N) is 4. The normalized spacial score (nSPS) is 15.0. The first-order valence-corrected chi connectivity index (χ1v) is 8.84. The summed E-state index contributed by atoms with van der Waals surface area (Å²) in [4.78, 5) is 20.6. The van der Waals surface area contributed by atoms with E-state index in [2.05, 4.69) is 45.4 Å². The zero-order chi connectivity index (χ0) is 16.2. The average molecular weight is 330 g/mol. The number of anilines is 1. The molecule has 1 aromatic heterocycles. The van der Waals surface area contributed by atoms with Gasteiger partial charge in [0.15, 0.2) is 0 Å². The van der Waals surface area contributed by atoms with Crippen LogP contribution in [0.3, 0.4) is 0 Å². The van der Waals surface area contributed by atoms with Gasteiger partial charge in [-0.05, 0) is 12.5 Å². The highest BCUT2D eigenvalue weighted by molar-refractivity contribution is 7.09. The number of piperazine rings is 1. The van der Waals surface area contributed by atoms with Crippen molar-refractivity contribution in [3.63, 3.8) is 0 Å². The molecule has 1 aromatic carbocycles. The molecule has 0 N–H and O–H groups in total. The Bertz CT molecular complexity index is 659. The topological polar surface area (TPSA) is 49.3 Å². The van der Waals surface area contributed by atoms with Crippen molar-refractivity contribution < 1.29 is 4.79 Å². The fraction of sp³-hybridized carbons (Fsp3) is 0.471. The molecule has 0 atom stereocenters. The van der Waals surface area contributed by atoms with Gasteiger partial charge >= 0.3 is 0 Å². The summed E-state index contributed by atoms with van der Waals surface area (Å²) in [6, 6.07) is 8.50. The maximum Gasteiger partial charge on any atom is 0.222 e. The lowest BCUT2D eigenvalue weighted by molar-refractivity contribution is -0.131. The van der Waals surface area contributed by atoms with Crippen LogP contribution >= 0.6 is 11.5 Å². The molecule has 5 nitrogen and oxygen atoms in total. The lowest BCUT2D eigenvalue weighted by Crippen LogP contribution is -2.48. The molecule has 0 radical (unpaired) electrons. The molecular formula is C17H22N4OS. The minimum absolute atomic E-state index is 0.238. The minimum Gasteiger partial charge on any atom is -0.343 e. The van der Waals surface area contributed by atoms with Gasteiger partial charge in [0.2, 0.25) is 11.0 Å². The summed E-state index contributed by atoms with van der Waals surface area (Å²) in [5, 5.41) is 0.968. The smallest absolute Gasteiger partial charge is 0.222 e. The fourth-order valence-electron chi connectivity index (χ4n) is 2.70. The average Bonchev–Trinajstić information content (AvgIpc) is 3.05.